The van der Waals surface area contributed by atoms with Crippen LogP contribution in [0.25, 0.3) is 0 Å². The molecule has 8 heteroatoms. The molecule has 1 aromatic rings. The van der Waals surface area contributed by atoms with E-state index in [4.69, 9.17) is 5.11 Å². The van der Waals surface area contributed by atoms with Crippen LogP contribution in [0.1, 0.15) is 24.1 Å². The smallest absolute Gasteiger partial charge is 0.427 e. The molecule has 0 aliphatic carbocycles. The van der Waals surface area contributed by atoms with Crippen molar-refractivity contribution in [3.63, 3.8) is 0 Å². The van der Waals surface area contributed by atoms with Gasteiger partial charge in [0.25, 0.3) is 0 Å². The fourth-order valence-corrected chi connectivity index (χ4v) is 2.95. The highest BCUT2D eigenvalue weighted by Gasteiger charge is 2.34. The summed E-state index contributed by atoms with van der Waals surface area (Å²) in [5.74, 6) is -0.720. The lowest BCUT2D eigenvalue weighted by Gasteiger charge is -2.30. The number of hydrogen-bond acceptors (Lipinski definition) is 4. The van der Waals surface area contributed by atoms with E-state index in [2.05, 4.69) is 4.98 Å². The number of hydrogen-bond donors (Lipinski definition) is 1. The van der Waals surface area contributed by atoms with Crippen LogP contribution in [0, 0.1) is 5.92 Å². The Bertz CT molecular complexity index is 453. The number of aromatic nitrogens is 1. The predicted octanol–water partition coefficient (Wildman–Crippen LogP) is 2.85. The molecule has 1 aliphatic rings. The average molecular weight is 294 g/mol. The molecule has 0 saturated carbocycles. The molecule has 0 unspecified atom stereocenters. The van der Waals surface area contributed by atoms with E-state index < -0.39 is 17.0 Å². The topological polar surface area (TPSA) is 53.4 Å². The van der Waals surface area contributed by atoms with Gasteiger partial charge in [-0.3, -0.25) is 4.79 Å². The van der Waals surface area contributed by atoms with Crippen LogP contribution in [0.2, 0.25) is 0 Å². The molecular weight excluding hydrogens is 281 g/mol. The van der Waals surface area contributed by atoms with Gasteiger partial charge in [0.15, 0.2) is 5.13 Å². The molecule has 4 nitrogen and oxygen atoms in total. The Hall–Kier alpha value is -1.31. The molecule has 0 amide bonds. The zero-order chi connectivity index (χ0) is 14.0. The second-order valence-corrected chi connectivity index (χ2v) is 5.54. The van der Waals surface area contributed by atoms with E-state index in [1.807, 2.05) is 0 Å². The van der Waals surface area contributed by atoms with E-state index >= 15 is 0 Å². The molecule has 1 aromatic heterocycles. The van der Waals surface area contributed by atoms with Gasteiger partial charge in [-0.25, -0.2) is 4.98 Å². The molecule has 0 aromatic carbocycles. The molecule has 1 fully saturated rings. The van der Waals surface area contributed by atoms with Gasteiger partial charge in [-0.1, -0.05) is 11.3 Å². The first-order valence-electron chi connectivity index (χ1n) is 5.86. The Kier molecular flexibility index (Phi) is 3.98. The summed E-state index contributed by atoms with van der Waals surface area (Å²) in [6, 6.07) is 0. The molecule has 2 rings (SSSR count). The first-order valence-corrected chi connectivity index (χ1v) is 6.67. The van der Waals surface area contributed by atoms with E-state index in [-0.39, 0.29) is 12.3 Å². The quantitative estimate of drug-likeness (QED) is 0.931. The zero-order valence-corrected chi connectivity index (χ0v) is 10.8. The molecule has 1 saturated heterocycles. The number of piperidine rings is 1. The number of carboxylic acids is 1. The van der Waals surface area contributed by atoms with Crippen molar-refractivity contribution in [3.8, 4) is 0 Å². The number of aliphatic carboxylic acids is 1. The van der Waals surface area contributed by atoms with Crippen LogP contribution in [0.3, 0.4) is 0 Å². The van der Waals surface area contributed by atoms with Crippen LogP contribution >= 0.6 is 11.3 Å². The minimum absolute atomic E-state index is 0.107. The fourth-order valence-electron chi connectivity index (χ4n) is 2.12. The number of halogens is 3. The monoisotopic (exact) mass is 294 g/mol. The third-order valence-corrected chi connectivity index (χ3v) is 4.22. The second kappa shape index (κ2) is 5.36. The fraction of sp³-hybridized carbons (Fsp3) is 0.636. The lowest BCUT2D eigenvalue weighted by molar-refractivity contribution is -0.138. The number of alkyl halides is 3. The van der Waals surface area contributed by atoms with Crippen molar-refractivity contribution >= 4 is 22.4 Å². The number of nitrogens with zero attached hydrogens (tertiary/aromatic N) is 2. The van der Waals surface area contributed by atoms with Gasteiger partial charge in [-0.15, -0.1) is 0 Å². The number of thiazole rings is 1. The van der Waals surface area contributed by atoms with E-state index in [9.17, 15) is 18.0 Å². The summed E-state index contributed by atoms with van der Waals surface area (Å²) < 4.78 is 37.4. The summed E-state index contributed by atoms with van der Waals surface area (Å²) in [6.07, 6.45) is -2.03. The van der Waals surface area contributed by atoms with E-state index in [0.717, 1.165) is 6.20 Å². The Balaban J connectivity index is 1.94. The minimum atomic E-state index is -4.35. The molecular formula is C11H13F3N2O2S. The van der Waals surface area contributed by atoms with Gasteiger partial charge in [-0.05, 0) is 18.8 Å². The summed E-state index contributed by atoms with van der Waals surface area (Å²) >= 11 is 0.635. The maximum absolute atomic E-state index is 12.5. The van der Waals surface area contributed by atoms with Crippen molar-refractivity contribution in [1.82, 2.24) is 4.98 Å². The van der Waals surface area contributed by atoms with Gasteiger partial charge in [-0.2, -0.15) is 13.2 Å². The third kappa shape index (κ3) is 3.59. The molecule has 2 heterocycles. The second-order valence-electron chi connectivity index (χ2n) is 4.53. The van der Waals surface area contributed by atoms with Crippen LogP contribution < -0.4 is 4.90 Å². The van der Waals surface area contributed by atoms with E-state index in [1.54, 1.807) is 4.90 Å². The Labute approximate surface area is 111 Å². The maximum Gasteiger partial charge on any atom is 0.427 e. The van der Waals surface area contributed by atoms with Gasteiger partial charge in [0, 0.05) is 19.5 Å². The van der Waals surface area contributed by atoms with Crippen molar-refractivity contribution in [1.29, 1.82) is 0 Å². The molecule has 106 valence electrons. The van der Waals surface area contributed by atoms with Crippen LogP contribution in [-0.2, 0) is 11.0 Å². The molecule has 0 spiro atoms. The van der Waals surface area contributed by atoms with Gasteiger partial charge in [0.1, 0.15) is 4.88 Å². The van der Waals surface area contributed by atoms with Gasteiger partial charge in [0.2, 0.25) is 0 Å². The van der Waals surface area contributed by atoms with Crippen molar-refractivity contribution in [2.75, 3.05) is 18.0 Å². The third-order valence-electron chi connectivity index (χ3n) is 3.12. The lowest BCUT2D eigenvalue weighted by atomic mass is 9.94. The van der Waals surface area contributed by atoms with Crippen LogP contribution in [0.15, 0.2) is 6.20 Å². The summed E-state index contributed by atoms with van der Waals surface area (Å²) in [6.45, 7) is 1.12. The van der Waals surface area contributed by atoms with Crippen molar-refractivity contribution < 1.29 is 23.1 Å². The Morgan fingerprint density at radius 1 is 1.47 bits per heavy atom. The summed E-state index contributed by atoms with van der Waals surface area (Å²) in [7, 11) is 0. The van der Waals surface area contributed by atoms with Crippen molar-refractivity contribution in [2.24, 2.45) is 5.92 Å². The number of rotatable bonds is 3. The average Bonchev–Trinajstić information content (AvgIpc) is 2.78. The van der Waals surface area contributed by atoms with Gasteiger partial charge < -0.3 is 10.0 Å². The maximum atomic E-state index is 12.5. The standard InChI is InChI=1S/C11H13F3N2O2S/c12-11(13,14)8-6-15-10(19-8)16-3-1-7(2-4-16)5-9(17)18/h6-7H,1-5H2,(H,17,18). The van der Waals surface area contributed by atoms with Crippen LogP contribution in [-0.4, -0.2) is 29.1 Å². The highest BCUT2D eigenvalue weighted by atomic mass is 32.1. The van der Waals surface area contributed by atoms with Gasteiger partial charge >= 0.3 is 12.1 Å². The Morgan fingerprint density at radius 2 is 2.11 bits per heavy atom. The molecule has 0 radical (unpaired) electrons. The highest BCUT2D eigenvalue weighted by Crippen LogP contribution is 2.37. The van der Waals surface area contributed by atoms with Crippen molar-refractivity contribution in [3.05, 3.63) is 11.1 Å². The number of carboxylic acid groups (broad SMARTS) is 1. The highest BCUT2D eigenvalue weighted by molar-refractivity contribution is 7.15. The summed E-state index contributed by atoms with van der Waals surface area (Å²) in [5, 5.41) is 9.05. The molecule has 19 heavy (non-hydrogen) atoms. The first kappa shape index (κ1) is 14.1. The van der Waals surface area contributed by atoms with Crippen LogP contribution in [0.5, 0.6) is 0 Å². The molecule has 1 N–H and O–H groups in total. The first-order chi connectivity index (χ1) is 8.86. The molecule has 0 bridgehead atoms. The van der Waals surface area contributed by atoms with Crippen LogP contribution in [0.4, 0.5) is 18.3 Å². The Morgan fingerprint density at radius 3 is 2.58 bits per heavy atom. The van der Waals surface area contributed by atoms with E-state index in [0.29, 0.717) is 42.4 Å². The van der Waals surface area contributed by atoms with E-state index in [1.165, 1.54) is 0 Å². The number of carbonyl (C=O) groups is 1. The number of anilines is 1. The largest absolute Gasteiger partial charge is 0.481 e. The summed E-state index contributed by atoms with van der Waals surface area (Å²) in [5.41, 5.74) is 0. The SMILES string of the molecule is O=C(O)CC1CCN(c2ncc(C(F)(F)F)s2)CC1. The normalized spacial score (nSPS) is 17.7. The van der Waals surface area contributed by atoms with Crippen molar-refractivity contribution in [2.45, 2.75) is 25.4 Å². The zero-order valence-electron chi connectivity index (χ0n) is 9.98. The lowest BCUT2D eigenvalue weighted by Crippen LogP contribution is -2.34. The molecule has 1 aliphatic heterocycles. The minimum Gasteiger partial charge on any atom is -0.481 e. The van der Waals surface area contributed by atoms with Gasteiger partial charge in [0.05, 0.1) is 6.20 Å². The molecule has 0 atom stereocenters. The summed E-state index contributed by atoms with van der Waals surface area (Å²) in [4.78, 5) is 15.5. The predicted molar refractivity (Wildman–Crippen MR) is 64.3 cm³/mol.